The normalized spacial score (nSPS) is 12.9. The number of hydrogen-bond donors (Lipinski definition) is 1. The first-order chi connectivity index (χ1) is 8.22. The van der Waals surface area contributed by atoms with Crippen LogP contribution in [0.15, 0.2) is 48.7 Å². The average molecular weight is 266 g/mol. The Labute approximate surface area is 114 Å². The lowest BCUT2D eigenvalue weighted by Gasteiger charge is -2.11. The van der Waals surface area contributed by atoms with Gasteiger partial charge in [0.25, 0.3) is 0 Å². The van der Waals surface area contributed by atoms with Gasteiger partial charge in [-0.25, -0.2) is 0 Å². The largest absolute Gasteiger partial charge is 0.550 e. The number of benzene rings is 1. The number of rotatable bonds is 2. The molecule has 18 heavy (non-hydrogen) atoms. The fourth-order valence-electron chi connectivity index (χ4n) is 1.24. The second-order valence-electron chi connectivity index (χ2n) is 3.56. The third-order valence-corrected chi connectivity index (χ3v) is 2.29. The molecule has 96 valence electrons. The van der Waals surface area contributed by atoms with Crippen molar-refractivity contribution in [1.29, 1.82) is 0 Å². The highest BCUT2D eigenvalue weighted by atomic mass is 35.5. The van der Waals surface area contributed by atoms with Gasteiger partial charge in [0.2, 0.25) is 0 Å². The first-order valence-electron chi connectivity index (χ1n) is 5.43. The lowest BCUT2D eigenvalue weighted by Crippen LogP contribution is -2.27. The smallest absolute Gasteiger partial charge is 0.176 e. The molecule has 1 aromatic carbocycles. The molecule has 1 aromatic rings. The van der Waals surface area contributed by atoms with Gasteiger partial charge in [0.1, 0.15) is 6.20 Å². The molecule has 1 N–H and O–H groups in total. The Hall–Kier alpha value is -1.83. The molecular weight excluding hydrogens is 250 g/mol. The first-order valence-corrected chi connectivity index (χ1v) is 5.43. The summed E-state index contributed by atoms with van der Waals surface area (Å²) in [6, 6.07) is 9.04. The lowest BCUT2D eigenvalue weighted by atomic mass is 10.0. The fraction of sp³-hybridized carbons (Fsp3) is 0.214. The van der Waals surface area contributed by atoms with E-state index in [9.17, 15) is 9.90 Å². The van der Waals surface area contributed by atoms with Crippen LogP contribution in [0.25, 0.3) is 0 Å². The minimum Gasteiger partial charge on any atom is -0.550 e. The van der Waals surface area contributed by atoms with Crippen molar-refractivity contribution in [3.63, 3.8) is 0 Å². The van der Waals surface area contributed by atoms with E-state index in [4.69, 9.17) is 0 Å². The summed E-state index contributed by atoms with van der Waals surface area (Å²) in [5.41, 5.74) is 0.785. The number of dihydropyridines is 1. The molecule has 0 amide bonds. The Balaban J connectivity index is 0.000000352. The number of carbonyl (C=O) groups excluding carboxylic acids is 1. The Morgan fingerprint density at radius 2 is 2.06 bits per heavy atom. The molecule has 2 rings (SSSR count). The van der Waals surface area contributed by atoms with E-state index in [1.807, 2.05) is 36.6 Å². The van der Waals surface area contributed by atoms with Gasteiger partial charge in [-0.3, -0.25) is 0 Å². The molecule has 1 unspecified atom stereocenters. The number of carboxylic acids is 1. The lowest BCUT2D eigenvalue weighted by molar-refractivity contribution is -0.307. The van der Waals surface area contributed by atoms with Crippen LogP contribution in [0.1, 0.15) is 18.4 Å². The fourth-order valence-corrected chi connectivity index (χ4v) is 1.24. The maximum atomic E-state index is 10.4. The number of allylic oxidation sites excluding steroid dienone is 2. The number of nitrogens with one attached hydrogen (secondary N) is 1. The number of aliphatic carboxylic acids is 1. The molecule has 0 bridgehead atoms. The Bertz CT molecular complexity index is 390. The molecule has 0 saturated heterocycles. The number of carboxylic acid groups (broad SMARTS) is 1. The van der Waals surface area contributed by atoms with Crippen LogP contribution in [0, 0.1) is 6.08 Å². The van der Waals surface area contributed by atoms with Crippen molar-refractivity contribution in [1.82, 2.24) is 5.32 Å². The molecule has 1 aliphatic heterocycles. The van der Waals surface area contributed by atoms with Gasteiger partial charge in [-0.2, -0.15) is 0 Å². The van der Waals surface area contributed by atoms with E-state index in [-0.39, 0.29) is 12.4 Å². The summed E-state index contributed by atoms with van der Waals surface area (Å²) >= 11 is 0. The summed E-state index contributed by atoms with van der Waals surface area (Å²) in [4.78, 5) is 10.4. The van der Waals surface area contributed by atoms with E-state index >= 15 is 0 Å². The molecule has 0 aromatic heterocycles. The molecule has 1 heterocycles. The van der Waals surface area contributed by atoms with Crippen LogP contribution < -0.4 is 10.4 Å². The zero-order valence-corrected chi connectivity index (χ0v) is 10.9. The molecular formula is C14H16ClNO2. The van der Waals surface area contributed by atoms with Crippen LogP contribution in [-0.4, -0.2) is 12.5 Å². The van der Waals surface area contributed by atoms with Crippen molar-refractivity contribution >= 4 is 18.4 Å². The van der Waals surface area contributed by atoms with Crippen LogP contribution in [0.2, 0.25) is 0 Å². The van der Waals surface area contributed by atoms with Crippen molar-refractivity contribution in [3.05, 3.63) is 60.3 Å². The Kier molecular flexibility index (Phi) is 8.29. The maximum absolute atomic E-state index is 10.4. The summed E-state index contributed by atoms with van der Waals surface area (Å²) in [6.07, 6.45) is 8.59. The van der Waals surface area contributed by atoms with Crippen LogP contribution in [0.4, 0.5) is 0 Å². The zero-order valence-electron chi connectivity index (χ0n) is 10.1. The third kappa shape index (κ3) is 6.04. The van der Waals surface area contributed by atoms with Crippen LogP contribution in [0.3, 0.4) is 0 Å². The van der Waals surface area contributed by atoms with Crippen molar-refractivity contribution in [3.8, 4) is 0 Å². The molecule has 1 atom stereocenters. The van der Waals surface area contributed by atoms with Crippen molar-refractivity contribution in [2.45, 2.75) is 12.8 Å². The number of carbonyl (C=O) groups is 1. The molecule has 0 saturated carbocycles. The minimum absolute atomic E-state index is 0. The molecule has 4 heteroatoms. The highest BCUT2D eigenvalue weighted by Crippen LogP contribution is 2.12. The van der Waals surface area contributed by atoms with Gasteiger partial charge in [-0.05, 0) is 5.56 Å². The Morgan fingerprint density at radius 1 is 1.39 bits per heavy atom. The quantitative estimate of drug-likeness (QED) is 0.823. The van der Waals surface area contributed by atoms with E-state index in [1.165, 1.54) is 0 Å². The zero-order chi connectivity index (χ0) is 12.5. The molecule has 3 nitrogen and oxygen atoms in total. The van der Waals surface area contributed by atoms with E-state index in [0.29, 0.717) is 0 Å². The molecule has 1 aliphatic rings. The Morgan fingerprint density at radius 3 is 2.39 bits per heavy atom. The van der Waals surface area contributed by atoms with Crippen LogP contribution >= 0.6 is 12.4 Å². The van der Waals surface area contributed by atoms with Gasteiger partial charge in [-0.1, -0.05) is 37.3 Å². The van der Waals surface area contributed by atoms with E-state index < -0.39 is 11.9 Å². The highest BCUT2D eigenvalue weighted by Gasteiger charge is 2.03. The standard InChI is InChI=1S/C9H10O2.C5H6N.ClH/c1-7(9(10)11)8-5-3-2-4-6-8;1-2-4-6-5-3-1;/h2-7H,1H3,(H,10,11);2-4,6H,5H2;1H/q;+1;/p-1. The molecule has 0 radical (unpaired) electrons. The van der Waals surface area contributed by atoms with Crippen molar-refractivity contribution < 1.29 is 9.90 Å². The summed E-state index contributed by atoms with van der Waals surface area (Å²) < 4.78 is 0. The van der Waals surface area contributed by atoms with Crippen LogP contribution in [0.5, 0.6) is 0 Å². The molecule has 0 spiro atoms. The predicted molar refractivity (Wildman–Crippen MR) is 72.1 cm³/mol. The predicted octanol–water partition coefficient (Wildman–Crippen LogP) is 1.42. The van der Waals surface area contributed by atoms with E-state index in [1.54, 1.807) is 19.1 Å². The summed E-state index contributed by atoms with van der Waals surface area (Å²) in [7, 11) is 0. The van der Waals surface area contributed by atoms with Crippen molar-refractivity contribution in [2.24, 2.45) is 0 Å². The second-order valence-corrected chi connectivity index (χ2v) is 3.56. The maximum Gasteiger partial charge on any atom is 0.176 e. The van der Waals surface area contributed by atoms with Gasteiger partial charge >= 0.3 is 0 Å². The van der Waals surface area contributed by atoms with Gasteiger partial charge in [-0.15, -0.1) is 12.4 Å². The monoisotopic (exact) mass is 265 g/mol. The van der Waals surface area contributed by atoms with Gasteiger partial charge in [0, 0.05) is 11.9 Å². The van der Waals surface area contributed by atoms with E-state index in [2.05, 4.69) is 11.4 Å². The highest BCUT2D eigenvalue weighted by molar-refractivity contribution is 5.85. The number of halogens is 1. The SMILES string of the molecule is CC(C(=O)[O-])c1ccccc1.Cl.[C+]1=CCNC=C1. The minimum atomic E-state index is -1.03. The third-order valence-electron chi connectivity index (χ3n) is 2.29. The van der Waals surface area contributed by atoms with Gasteiger partial charge in [0.05, 0.1) is 18.7 Å². The second kappa shape index (κ2) is 9.23. The summed E-state index contributed by atoms with van der Waals surface area (Å²) in [6.45, 7) is 2.54. The van der Waals surface area contributed by atoms with Gasteiger partial charge in [0.15, 0.2) is 6.08 Å². The molecule has 0 aliphatic carbocycles. The topological polar surface area (TPSA) is 52.2 Å². The average Bonchev–Trinajstić information content (AvgIpc) is 2.41. The van der Waals surface area contributed by atoms with E-state index in [0.717, 1.165) is 12.1 Å². The number of hydrogen-bond acceptors (Lipinski definition) is 3. The first kappa shape index (κ1) is 16.2. The van der Waals surface area contributed by atoms with Crippen LogP contribution in [-0.2, 0) is 4.79 Å². The summed E-state index contributed by atoms with van der Waals surface area (Å²) in [5, 5.41) is 13.4. The summed E-state index contributed by atoms with van der Waals surface area (Å²) in [5.74, 6) is -1.55. The molecule has 0 fully saturated rings. The van der Waals surface area contributed by atoms with Gasteiger partial charge < -0.3 is 15.2 Å². The van der Waals surface area contributed by atoms with Crippen molar-refractivity contribution in [2.75, 3.05) is 6.54 Å².